The van der Waals surface area contributed by atoms with Crippen molar-refractivity contribution in [3.05, 3.63) is 29.8 Å². The Morgan fingerprint density at radius 2 is 1.75 bits per heavy atom. The molecule has 0 N–H and O–H groups in total. The van der Waals surface area contributed by atoms with E-state index in [2.05, 4.69) is 32.6 Å². The Morgan fingerprint density at radius 3 is 2.33 bits per heavy atom. The van der Waals surface area contributed by atoms with Crippen molar-refractivity contribution in [3.8, 4) is 0 Å². The number of nitrogens with zero attached hydrogens (tertiary/aromatic N) is 1. The second-order valence-corrected chi connectivity index (χ2v) is 7.14. The predicted octanol–water partition coefficient (Wildman–Crippen LogP) is 6.81. The Balaban J connectivity index is 2.67. The summed E-state index contributed by atoms with van der Waals surface area (Å²) >= 11 is 0. The van der Waals surface area contributed by atoms with Crippen LogP contribution in [0.2, 0.25) is 0 Å². The van der Waals surface area contributed by atoms with Gasteiger partial charge in [-0.25, -0.2) is 8.78 Å². The monoisotopic (exact) mass is 339 g/mol. The standard InChI is InChI=1S/C21H35F2N/c1-5-8-14-24(21-13-12-19(22)15-20(21)23)16-17(4)10-11-18(7-3)9-6-2/h12-13,15,17-18H,5-11,14,16H2,1-4H3. The molecule has 0 heterocycles. The second-order valence-electron chi connectivity index (χ2n) is 7.14. The lowest BCUT2D eigenvalue weighted by Gasteiger charge is -2.29. The molecule has 0 amide bonds. The minimum atomic E-state index is -0.509. The largest absolute Gasteiger partial charge is 0.369 e. The van der Waals surface area contributed by atoms with Crippen molar-refractivity contribution < 1.29 is 8.78 Å². The zero-order valence-corrected chi connectivity index (χ0v) is 16.0. The quantitative estimate of drug-likeness (QED) is 0.404. The van der Waals surface area contributed by atoms with Crippen molar-refractivity contribution in [2.75, 3.05) is 18.0 Å². The van der Waals surface area contributed by atoms with Gasteiger partial charge in [-0.3, -0.25) is 0 Å². The number of hydrogen-bond donors (Lipinski definition) is 0. The summed E-state index contributed by atoms with van der Waals surface area (Å²) in [5, 5.41) is 0. The molecule has 3 heteroatoms. The van der Waals surface area contributed by atoms with Crippen molar-refractivity contribution >= 4 is 5.69 Å². The van der Waals surface area contributed by atoms with E-state index < -0.39 is 11.6 Å². The van der Waals surface area contributed by atoms with Crippen molar-refractivity contribution in [1.29, 1.82) is 0 Å². The first kappa shape index (κ1) is 20.9. The Kier molecular flexibility index (Phi) is 9.97. The Labute approximate surface area is 147 Å². The first-order valence-electron chi connectivity index (χ1n) is 9.71. The van der Waals surface area contributed by atoms with Crippen LogP contribution in [0.1, 0.15) is 72.6 Å². The van der Waals surface area contributed by atoms with Crippen molar-refractivity contribution in [2.24, 2.45) is 11.8 Å². The van der Waals surface area contributed by atoms with Gasteiger partial charge in [-0.2, -0.15) is 0 Å². The van der Waals surface area contributed by atoms with E-state index in [0.717, 1.165) is 37.9 Å². The highest BCUT2D eigenvalue weighted by Crippen LogP contribution is 2.25. The number of benzene rings is 1. The maximum atomic E-state index is 14.2. The molecule has 1 aromatic rings. The van der Waals surface area contributed by atoms with Crippen LogP contribution in [0.4, 0.5) is 14.5 Å². The highest BCUT2D eigenvalue weighted by Gasteiger charge is 2.16. The van der Waals surface area contributed by atoms with E-state index >= 15 is 0 Å². The third-order valence-corrected chi connectivity index (χ3v) is 4.91. The predicted molar refractivity (Wildman–Crippen MR) is 101 cm³/mol. The molecule has 0 aromatic heterocycles. The summed E-state index contributed by atoms with van der Waals surface area (Å²) in [5.74, 6) is 0.363. The lowest BCUT2D eigenvalue weighted by Crippen LogP contribution is -2.30. The van der Waals surface area contributed by atoms with E-state index in [1.165, 1.54) is 38.2 Å². The number of halogens is 2. The molecule has 0 radical (unpaired) electrons. The van der Waals surface area contributed by atoms with Crippen LogP contribution >= 0.6 is 0 Å². The molecule has 0 aliphatic heterocycles. The van der Waals surface area contributed by atoms with Gasteiger partial charge < -0.3 is 4.90 Å². The van der Waals surface area contributed by atoms with Gasteiger partial charge >= 0.3 is 0 Å². The smallest absolute Gasteiger partial charge is 0.149 e. The fraction of sp³-hybridized carbons (Fsp3) is 0.714. The molecule has 0 fully saturated rings. The van der Waals surface area contributed by atoms with Crippen LogP contribution in [0.15, 0.2) is 18.2 Å². The molecule has 2 unspecified atom stereocenters. The molecule has 0 aliphatic carbocycles. The summed E-state index contributed by atoms with van der Waals surface area (Å²) in [6.45, 7) is 10.6. The van der Waals surface area contributed by atoms with Gasteiger partial charge in [0.1, 0.15) is 11.6 Å². The van der Waals surface area contributed by atoms with Crippen LogP contribution in [-0.2, 0) is 0 Å². The molecule has 1 rings (SSSR count). The Hall–Kier alpha value is -1.12. The summed E-state index contributed by atoms with van der Waals surface area (Å²) in [6.07, 6.45) is 8.31. The lowest BCUT2D eigenvalue weighted by molar-refractivity contribution is 0.375. The molecule has 1 nitrogen and oxygen atoms in total. The topological polar surface area (TPSA) is 3.24 Å². The summed E-state index contributed by atoms with van der Waals surface area (Å²) in [6, 6.07) is 3.93. The fourth-order valence-corrected chi connectivity index (χ4v) is 3.35. The first-order chi connectivity index (χ1) is 11.5. The van der Waals surface area contributed by atoms with Crippen LogP contribution in [0.25, 0.3) is 0 Å². The van der Waals surface area contributed by atoms with Gasteiger partial charge in [0.15, 0.2) is 0 Å². The van der Waals surface area contributed by atoms with Gasteiger partial charge in [0.2, 0.25) is 0 Å². The molecule has 1 aromatic carbocycles. The van der Waals surface area contributed by atoms with Crippen LogP contribution in [0, 0.1) is 23.5 Å². The van der Waals surface area contributed by atoms with E-state index in [1.54, 1.807) is 6.07 Å². The van der Waals surface area contributed by atoms with Gasteiger partial charge in [-0.1, -0.05) is 59.8 Å². The zero-order chi connectivity index (χ0) is 17.9. The van der Waals surface area contributed by atoms with Gasteiger partial charge in [0.05, 0.1) is 5.69 Å². The fourth-order valence-electron chi connectivity index (χ4n) is 3.35. The number of rotatable bonds is 12. The summed E-state index contributed by atoms with van der Waals surface area (Å²) in [5.41, 5.74) is 0.539. The second kappa shape index (κ2) is 11.4. The van der Waals surface area contributed by atoms with E-state index in [0.29, 0.717) is 11.6 Å². The molecule has 2 atom stereocenters. The van der Waals surface area contributed by atoms with Crippen molar-refractivity contribution in [3.63, 3.8) is 0 Å². The molecular formula is C21H35F2N. The van der Waals surface area contributed by atoms with Crippen molar-refractivity contribution in [2.45, 2.75) is 72.6 Å². The number of unbranched alkanes of at least 4 members (excludes halogenated alkanes) is 1. The molecule has 0 saturated heterocycles. The third-order valence-electron chi connectivity index (χ3n) is 4.91. The van der Waals surface area contributed by atoms with Gasteiger partial charge in [0.25, 0.3) is 0 Å². The summed E-state index contributed by atoms with van der Waals surface area (Å²) in [4.78, 5) is 2.10. The minimum absolute atomic E-state index is 0.448. The maximum absolute atomic E-state index is 14.2. The average molecular weight is 340 g/mol. The van der Waals surface area contributed by atoms with E-state index in [1.807, 2.05) is 0 Å². The van der Waals surface area contributed by atoms with E-state index in [4.69, 9.17) is 0 Å². The van der Waals surface area contributed by atoms with Crippen LogP contribution in [-0.4, -0.2) is 13.1 Å². The number of anilines is 1. The normalized spacial score (nSPS) is 13.8. The summed E-state index contributed by atoms with van der Waals surface area (Å²) < 4.78 is 27.4. The van der Waals surface area contributed by atoms with E-state index in [-0.39, 0.29) is 0 Å². The van der Waals surface area contributed by atoms with Gasteiger partial charge in [-0.15, -0.1) is 0 Å². The third kappa shape index (κ3) is 7.19. The summed E-state index contributed by atoms with van der Waals surface area (Å²) in [7, 11) is 0. The molecule has 24 heavy (non-hydrogen) atoms. The molecule has 0 saturated carbocycles. The Morgan fingerprint density at radius 1 is 1.00 bits per heavy atom. The van der Waals surface area contributed by atoms with E-state index in [9.17, 15) is 8.78 Å². The first-order valence-corrected chi connectivity index (χ1v) is 9.71. The molecule has 0 spiro atoms. The minimum Gasteiger partial charge on any atom is -0.369 e. The molecule has 0 bridgehead atoms. The molecule has 0 aliphatic rings. The Bertz CT molecular complexity index is 461. The molecular weight excluding hydrogens is 304 g/mol. The lowest BCUT2D eigenvalue weighted by atomic mass is 9.91. The van der Waals surface area contributed by atoms with Gasteiger partial charge in [-0.05, 0) is 36.8 Å². The highest BCUT2D eigenvalue weighted by atomic mass is 19.1. The van der Waals surface area contributed by atoms with Crippen LogP contribution in [0.5, 0.6) is 0 Å². The zero-order valence-electron chi connectivity index (χ0n) is 16.0. The SMILES string of the molecule is CCCCN(CC(C)CCC(CC)CCC)c1ccc(F)cc1F. The van der Waals surface area contributed by atoms with Crippen LogP contribution < -0.4 is 4.90 Å². The highest BCUT2D eigenvalue weighted by molar-refractivity contribution is 5.47. The molecule has 138 valence electrons. The maximum Gasteiger partial charge on any atom is 0.149 e. The van der Waals surface area contributed by atoms with Gasteiger partial charge in [0, 0.05) is 19.2 Å². The van der Waals surface area contributed by atoms with Crippen LogP contribution in [0.3, 0.4) is 0 Å². The average Bonchev–Trinajstić information content (AvgIpc) is 2.55. The van der Waals surface area contributed by atoms with Crippen molar-refractivity contribution in [1.82, 2.24) is 0 Å². The number of hydrogen-bond acceptors (Lipinski definition) is 1.